The highest BCUT2D eigenvalue weighted by Gasteiger charge is 2.27. The fraction of sp³-hybridized carbons (Fsp3) is 0.333. The number of carbonyl (C=O) groups excluding carboxylic acids is 1. The molecule has 102 valence electrons. The lowest BCUT2D eigenvalue weighted by Gasteiger charge is -2.31. The Hall–Kier alpha value is -2.10. The van der Waals surface area contributed by atoms with Gasteiger partial charge in [0.2, 0.25) is 5.91 Å². The van der Waals surface area contributed by atoms with Gasteiger partial charge in [-0.25, -0.2) is 4.79 Å². The van der Waals surface area contributed by atoms with Crippen molar-refractivity contribution < 1.29 is 14.7 Å². The van der Waals surface area contributed by atoms with Crippen molar-refractivity contribution >= 4 is 11.9 Å². The average molecular weight is 261 g/mol. The number of carbonyl (C=O) groups is 2. The fourth-order valence-corrected chi connectivity index (χ4v) is 1.78. The fourth-order valence-electron chi connectivity index (χ4n) is 1.78. The van der Waals surface area contributed by atoms with Gasteiger partial charge in [-0.05, 0) is 11.0 Å². The van der Waals surface area contributed by atoms with Crippen LogP contribution in [0.15, 0.2) is 42.5 Å². The molecule has 0 heterocycles. The van der Waals surface area contributed by atoms with Crippen molar-refractivity contribution in [3.8, 4) is 0 Å². The largest absolute Gasteiger partial charge is 0.478 e. The minimum atomic E-state index is -1.14. The maximum atomic E-state index is 11.7. The van der Waals surface area contributed by atoms with Crippen molar-refractivity contribution in [3.63, 3.8) is 0 Å². The molecule has 0 radical (unpaired) electrons. The van der Waals surface area contributed by atoms with Crippen LogP contribution in [0.4, 0.5) is 0 Å². The highest BCUT2D eigenvalue weighted by molar-refractivity contribution is 5.94. The van der Waals surface area contributed by atoms with Crippen molar-refractivity contribution in [2.75, 3.05) is 0 Å². The second-order valence-corrected chi connectivity index (χ2v) is 5.39. The molecule has 0 aliphatic heterocycles. The van der Waals surface area contributed by atoms with Gasteiger partial charge in [-0.15, -0.1) is 0 Å². The molecule has 0 aliphatic carbocycles. The molecule has 1 atom stereocenters. The Morgan fingerprint density at radius 1 is 1.16 bits per heavy atom. The zero-order chi connectivity index (χ0) is 14.5. The molecule has 4 nitrogen and oxygen atoms in total. The van der Waals surface area contributed by atoms with Gasteiger partial charge in [0.05, 0.1) is 6.04 Å². The van der Waals surface area contributed by atoms with Gasteiger partial charge in [0, 0.05) is 12.2 Å². The molecular weight excluding hydrogens is 242 g/mol. The maximum Gasteiger partial charge on any atom is 0.328 e. The third kappa shape index (κ3) is 4.95. The van der Waals surface area contributed by atoms with Gasteiger partial charge in [0.1, 0.15) is 0 Å². The third-order valence-corrected chi connectivity index (χ3v) is 2.66. The maximum absolute atomic E-state index is 11.7. The van der Waals surface area contributed by atoms with E-state index in [1.807, 2.05) is 51.1 Å². The van der Waals surface area contributed by atoms with E-state index in [2.05, 4.69) is 5.32 Å². The lowest BCUT2D eigenvalue weighted by Crippen LogP contribution is -2.35. The molecule has 1 amide bonds. The molecule has 0 aromatic heterocycles. The number of benzene rings is 1. The number of rotatable bonds is 4. The van der Waals surface area contributed by atoms with Gasteiger partial charge < -0.3 is 10.4 Å². The summed E-state index contributed by atoms with van der Waals surface area (Å²) in [6.45, 7) is 6.06. The molecule has 0 bridgehead atoms. The highest BCUT2D eigenvalue weighted by Crippen LogP contribution is 2.32. The number of nitrogens with one attached hydrogen (secondary N) is 1. The van der Waals surface area contributed by atoms with Gasteiger partial charge in [-0.1, -0.05) is 51.1 Å². The summed E-state index contributed by atoms with van der Waals surface area (Å²) in [5.41, 5.74) is 0.820. The number of hydrogen-bond donors (Lipinski definition) is 2. The van der Waals surface area contributed by atoms with E-state index in [0.29, 0.717) is 0 Å². The Morgan fingerprint density at radius 3 is 2.21 bits per heavy atom. The molecule has 2 N–H and O–H groups in total. The molecule has 0 aliphatic rings. The van der Waals surface area contributed by atoms with Crippen LogP contribution in [-0.2, 0) is 9.59 Å². The first-order valence-corrected chi connectivity index (χ1v) is 6.07. The molecule has 0 saturated carbocycles. The Labute approximate surface area is 113 Å². The van der Waals surface area contributed by atoms with E-state index in [4.69, 9.17) is 5.11 Å². The lowest BCUT2D eigenvalue weighted by molar-refractivity contribution is -0.131. The smallest absolute Gasteiger partial charge is 0.328 e. The van der Waals surface area contributed by atoms with Crippen LogP contribution < -0.4 is 5.32 Å². The van der Waals surface area contributed by atoms with Crippen LogP contribution in [0.5, 0.6) is 0 Å². The molecular formula is C15H19NO3. The summed E-state index contributed by atoms with van der Waals surface area (Å²) in [5.74, 6) is -1.55. The number of amides is 1. The SMILES string of the molecule is CC(C)(C)C(NC(=O)/C=C/C(=O)O)c1ccccc1. The van der Waals surface area contributed by atoms with E-state index in [9.17, 15) is 9.59 Å². The molecule has 19 heavy (non-hydrogen) atoms. The molecule has 0 fully saturated rings. The standard InChI is InChI=1S/C15H19NO3/c1-15(2,3)14(11-7-5-4-6-8-11)16-12(17)9-10-13(18)19/h4-10,14H,1-3H3,(H,16,17)(H,18,19)/b10-9+. The first kappa shape index (κ1) is 15.0. The zero-order valence-corrected chi connectivity index (χ0v) is 11.4. The molecule has 1 rings (SSSR count). The van der Waals surface area contributed by atoms with Crippen LogP contribution in [0.25, 0.3) is 0 Å². The minimum Gasteiger partial charge on any atom is -0.478 e. The quantitative estimate of drug-likeness (QED) is 0.818. The van der Waals surface area contributed by atoms with Crippen LogP contribution in [-0.4, -0.2) is 17.0 Å². The Bertz CT molecular complexity index is 472. The third-order valence-electron chi connectivity index (χ3n) is 2.66. The summed E-state index contributed by atoms with van der Waals surface area (Å²) in [6.07, 6.45) is 1.87. The van der Waals surface area contributed by atoms with E-state index in [1.165, 1.54) is 0 Å². The summed E-state index contributed by atoms with van der Waals surface area (Å²) in [7, 11) is 0. The number of carboxylic acids is 1. The summed E-state index contributed by atoms with van der Waals surface area (Å²) >= 11 is 0. The summed E-state index contributed by atoms with van der Waals surface area (Å²) in [5, 5.41) is 11.3. The molecule has 1 aromatic rings. The highest BCUT2D eigenvalue weighted by atomic mass is 16.4. The topological polar surface area (TPSA) is 66.4 Å². The van der Waals surface area contributed by atoms with Crippen molar-refractivity contribution in [1.29, 1.82) is 0 Å². The molecule has 1 unspecified atom stereocenters. The molecule has 4 heteroatoms. The predicted octanol–water partition coefficient (Wildman–Crippen LogP) is 2.53. The van der Waals surface area contributed by atoms with E-state index in [0.717, 1.165) is 17.7 Å². The van der Waals surface area contributed by atoms with Gasteiger partial charge in [0.25, 0.3) is 0 Å². The summed E-state index contributed by atoms with van der Waals surface area (Å²) in [6, 6.07) is 9.43. The first-order valence-electron chi connectivity index (χ1n) is 6.07. The molecule has 0 saturated heterocycles. The monoisotopic (exact) mass is 261 g/mol. The van der Waals surface area contributed by atoms with Crippen LogP contribution in [0.2, 0.25) is 0 Å². The van der Waals surface area contributed by atoms with Crippen LogP contribution in [0.1, 0.15) is 32.4 Å². The van der Waals surface area contributed by atoms with E-state index in [-0.39, 0.29) is 11.5 Å². The average Bonchev–Trinajstić information content (AvgIpc) is 2.33. The van der Waals surface area contributed by atoms with Crippen molar-refractivity contribution in [2.24, 2.45) is 5.41 Å². The van der Waals surface area contributed by atoms with Gasteiger partial charge in [-0.2, -0.15) is 0 Å². The van der Waals surface area contributed by atoms with E-state index < -0.39 is 11.9 Å². The minimum absolute atomic E-state index is 0.173. The van der Waals surface area contributed by atoms with Crippen molar-refractivity contribution in [1.82, 2.24) is 5.32 Å². The van der Waals surface area contributed by atoms with Crippen molar-refractivity contribution in [3.05, 3.63) is 48.0 Å². The van der Waals surface area contributed by atoms with Gasteiger partial charge >= 0.3 is 5.97 Å². The van der Waals surface area contributed by atoms with Crippen molar-refractivity contribution in [2.45, 2.75) is 26.8 Å². The number of hydrogen-bond acceptors (Lipinski definition) is 2. The predicted molar refractivity (Wildman–Crippen MR) is 73.6 cm³/mol. The summed E-state index contributed by atoms with van der Waals surface area (Å²) in [4.78, 5) is 22.1. The molecule has 1 aromatic carbocycles. The van der Waals surface area contributed by atoms with Crippen LogP contribution >= 0.6 is 0 Å². The Kier molecular flexibility index (Phi) is 4.87. The van der Waals surface area contributed by atoms with E-state index >= 15 is 0 Å². The van der Waals surface area contributed by atoms with Crippen LogP contribution in [0.3, 0.4) is 0 Å². The van der Waals surface area contributed by atoms with Crippen LogP contribution in [0, 0.1) is 5.41 Å². The lowest BCUT2D eigenvalue weighted by atomic mass is 9.82. The Morgan fingerprint density at radius 2 is 1.74 bits per heavy atom. The van der Waals surface area contributed by atoms with Gasteiger partial charge in [-0.3, -0.25) is 4.79 Å². The summed E-state index contributed by atoms with van der Waals surface area (Å²) < 4.78 is 0. The second kappa shape index (κ2) is 6.18. The van der Waals surface area contributed by atoms with Gasteiger partial charge in [0.15, 0.2) is 0 Å². The normalized spacial score (nSPS) is 13.2. The Balaban J connectivity index is 2.89. The van der Waals surface area contributed by atoms with E-state index in [1.54, 1.807) is 0 Å². The first-order chi connectivity index (χ1) is 8.80. The number of aliphatic carboxylic acids is 1. The molecule has 0 spiro atoms. The zero-order valence-electron chi connectivity index (χ0n) is 11.4. The second-order valence-electron chi connectivity index (χ2n) is 5.39. The number of carboxylic acid groups (broad SMARTS) is 1.